The molecule has 0 saturated carbocycles. The molecule has 2 heteroatoms. The summed E-state index contributed by atoms with van der Waals surface area (Å²) >= 11 is 0. The number of rotatable bonds is 5. The fourth-order valence-electron chi connectivity index (χ4n) is 3.49. The van der Waals surface area contributed by atoms with Crippen LogP contribution in [-0.2, 0) is 13.2 Å². The van der Waals surface area contributed by atoms with Crippen molar-refractivity contribution in [2.45, 2.75) is 27.0 Å². The Morgan fingerprint density at radius 3 is 2.12 bits per heavy atom. The van der Waals surface area contributed by atoms with Crippen molar-refractivity contribution < 1.29 is 4.74 Å². The van der Waals surface area contributed by atoms with Gasteiger partial charge >= 0.3 is 0 Å². The number of nitrogens with zero attached hydrogens (tertiary/aromatic N) is 1. The van der Waals surface area contributed by atoms with Crippen LogP contribution in [0.5, 0.6) is 5.75 Å². The Bertz CT molecular complexity index is 1020. The third kappa shape index (κ3) is 3.23. The number of fused-ring (bicyclic) bond motifs is 1. The van der Waals surface area contributed by atoms with E-state index in [1.807, 2.05) is 18.2 Å². The highest BCUT2D eigenvalue weighted by Gasteiger charge is 2.13. The van der Waals surface area contributed by atoms with Gasteiger partial charge in [0.05, 0.1) is 5.52 Å². The first-order chi connectivity index (χ1) is 12.7. The maximum Gasteiger partial charge on any atom is 0.129 e. The Morgan fingerprint density at radius 2 is 1.42 bits per heavy atom. The molecule has 4 rings (SSSR count). The summed E-state index contributed by atoms with van der Waals surface area (Å²) in [5.41, 5.74) is 6.28. The molecule has 0 fully saturated rings. The van der Waals surface area contributed by atoms with Crippen molar-refractivity contribution in [3.63, 3.8) is 0 Å². The van der Waals surface area contributed by atoms with Crippen LogP contribution in [0.15, 0.2) is 78.9 Å². The number of hydrogen-bond donors (Lipinski definition) is 0. The van der Waals surface area contributed by atoms with Gasteiger partial charge in [-0.15, -0.1) is 0 Å². The van der Waals surface area contributed by atoms with Crippen LogP contribution in [0.25, 0.3) is 10.9 Å². The number of aryl methyl sites for hydroxylation is 2. The van der Waals surface area contributed by atoms with Crippen molar-refractivity contribution in [3.8, 4) is 5.75 Å². The zero-order valence-electron chi connectivity index (χ0n) is 15.3. The van der Waals surface area contributed by atoms with E-state index >= 15 is 0 Å². The molecular formula is C24H23NO. The SMILES string of the molecule is Cc1ccc(OCc2ccccc2)c2cc(C)n(Cc3ccccc3)c12. The lowest BCUT2D eigenvalue weighted by atomic mass is 10.1. The predicted molar refractivity (Wildman–Crippen MR) is 108 cm³/mol. The Labute approximate surface area is 154 Å². The zero-order valence-corrected chi connectivity index (χ0v) is 15.3. The van der Waals surface area contributed by atoms with Gasteiger partial charge in [-0.3, -0.25) is 0 Å². The molecule has 0 radical (unpaired) electrons. The highest BCUT2D eigenvalue weighted by atomic mass is 16.5. The molecule has 0 saturated heterocycles. The first-order valence-corrected chi connectivity index (χ1v) is 9.02. The van der Waals surface area contributed by atoms with E-state index in [9.17, 15) is 0 Å². The first kappa shape index (κ1) is 16.5. The molecule has 0 aliphatic rings. The molecule has 0 aliphatic heterocycles. The number of hydrogen-bond acceptors (Lipinski definition) is 1. The van der Waals surface area contributed by atoms with E-state index in [0.717, 1.165) is 12.3 Å². The van der Waals surface area contributed by atoms with Gasteiger partial charge in [-0.05, 0) is 42.7 Å². The van der Waals surface area contributed by atoms with E-state index in [4.69, 9.17) is 4.74 Å². The molecule has 26 heavy (non-hydrogen) atoms. The van der Waals surface area contributed by atoms with E-state index < -0.39 is 0 Å². The first-order valence-electron chi connectivity index (χ1n) is 9.02. The third-order valence-corrected chi connectivity index (χ3v) is 4.85. The Morgan fingerprint density at radius 1 is 0.769 bits per heavy atom. The topological polar surface area (TPSA) is 14.2 Å². The van der Waals surface area contributed by atoms with E-state index in [1.54, 1.807) is 0 Å². The van der Waals surface area contributed by atoms with Crippen LogP contribution >= 0.6 is 0 Å². The summed E-state index contributed by atoms with van der Waals surface area (Å²) in [5, 5.41) is 1.19. The summed E-state index contributed by atoms with van der Waals surface area (Å²) in [6.45, 7) is 5.80. The lowest BCUT2D eigenvalue weighted by Gasteiger charge is -2.12. The lowest BCUT2D eigenvalue weighted by Crippen LogP contribution is -2.02. The van der Waals surface area contributed by atoms with Gasteiger partial charge in [-0.25, -0.2) is 0 Å². The zero-order chi connectivity index (χ0) is 17.9. The third-order valence-electron chi connectivity index (χ3n) is 4.85. The fraction of sp³-hybridized carbons (Fsp3) is 0.167. The Kier molecular flexibility index (Phi) is 4.49. The van der Waals surface area contributed by atoms with Crippen LogP contribution in [0.2, 0.25) is 0 Å². The fourth-order valence-corrected chi connectivity index (χ4v) is 3.49. The predicted octanol–water partition coefficient (Wildman–Crippen LogP) is 5.89. The van der Waals surface area contributed by atoms with Gasteiger partial charge < -0.3 is 9.30 Å². The largest absolute Gasteiger partial charge is 0.488 e. The van der Waals surface area contributed by atoms with Gasteiger partial charge in [0.25, 0.3) is 0 Å². The standard InChI is InChI=1S/C24H23NO/c1-18-13-14-23(26-17-21-11-7-4-8-12-21)22-15-19(2)25(24(18)22)16-20-9-5-3-6-10-20/h3-15H,16-17H2,1-2H3. The van der Waals surface area contributed by atoms with Crippen molar-refractivity contribution >= 4 is 10.9 Å². The van der Waals surface area contributed by atoms with Crippen LogP contribution in [0, 0.1) is 13.8 Å². The molecule has 4 aromatic rings. The second kappa shape index (κ2) is 7.09. The number of aromatic nitrogens is 1. The minimum absolute atomic E-state index is 0.585. The molecule has 0 bridgehead atoms. The maximum absolute atomic E-state index is 6.17. The average Bonchev–Trinajstić information content (AvgIpc) is 3.00. The van der Waals surface area contributed by atoms with E-state index in [2.05, 4.69) is 79.1 Å². The molecule has 0 N–H and O–H groups in total. The minimum Gasteiger partial charge on any atom is -0.488 e. The minimum atomic E-state index is 0.585. The van der Waals surface area contributed by atoms with Gasteiger partial charge in [0.2, 0.25) is 0 Å². The molecule has 1 heterocycles. The van der Waals surface area contributed by atoms with Crippen molar-refractivity contribution in [2.24, 2.45) is 0 Å². The quantitative estimate of drug-likeness (QED) is 0.442. The molecule has 3 aromatic carbocycles. The number of benzene rings is 3. The van der Waals surface area contributed by atoms with Crippen LogP contribution in [0.1, 0.15) is 22.4 Å². The molecule has 0 amide bonds. The van der Waals surface area contributed by atoms with Gasteiger partial charge in [0.1, 0.15) is 12.4 Å². The molecule has 0 unspecified atom stereocenters. The Balaban J connectivity index is 1.70. The lowest BCUT2D eigenvalue weighted by molar-refractivity contribution is 0.310. The summed E-state index contributed by atoms with van der Waals surface area (Å²) in [5.74, 6) is 0.948. The summed E-state index contributed by atoms with van der Waals surface area (Å²) < 4.78 is 8.55. The van der Waals surface area contributed by atoms with Crippen molar-refractivity contribution in [3.05, 3.63) is 101 Å². The van der Waals surface area contributed by atoms with Crippen LogP contribution in [0.4, 0.5) is 0 Å². The van der Waals surface area contributed by atoms with E-state index in [-0.39, 0.29) is 0 Å². The molecule has 0 atom stereocenters. The van der Waals surface area contributed by atoms with Crippen molar-refractivity contribution in [2.75, 3.05) is 0 Å². The normalized spacial score (nSPS) is 11.0. The van der Waals surface area contributed by atoms with Crippen molar-refractivity contribution in [1.29, 1.82) is 0 Å². The highest BCUT2D eigenvalue weighted by molar-refractivity contribution is 5.90. The van der Waals surface area contributed by atoms with E-state index in [0.29, 0.717) is 6.61 Å². The average molecular weight is 341 g/mol. The summed E-state index contributed by atoms with van der Waals surface area (Å²) in [6, 6.07) is 27.4. The van der Waals surface area contributed by atoms with Gasteiger partial charge in [-0.1, -0.05) is 66.7 Å². The Hall–Kier alpha value is -3.00. The van der Waals surface area contributed by atoms with Crippen LogP contribution in [-0.4, -0.2) is 4.57 Å². The monoisotopic (exact) mass is 341 g/mol. The molecule has 2 nitrogen and oxygen atoms in total. The number of ether oxygens (including phenoxy) is 1. The van der Waals surface area contributed by atoms with Gasteiger partial charge in [-0.2, -0.15) is 0 Å². The summed E-state index contributed by atoms with van der Waals surface area (Å²) in [6.07, 6.45) is 0. The van der Waals surface area contributed by atoms with Crippen LogP contribution < -0.4 is 4.74 Å². The summed E-state index contributed by atoms with van der Waals surface area (Å²) in [4.78, 5) is 0. The molecule has 0 spiro atoms. The molecule has 0 aliphatic carbocycles. The molecule has 130 valence electrons. The van der Waals surface area contributed by atoms with E-state index in [1.165, 1.54) is 33.3 Å². The molecular weight excluding hydrogens is 318 g/mol. The van der Waals surface area contributed by atoms with Crippen LogP contribution in [0.3, 0.4) is 0 Å². The van der Waals surface area contributed by atoms with Gasteiger partial charge in [0, 0.05) is 17.6 Å². The second-order valence-corrected chi connectivity index (χ2v) is 6.77. The van der Waals surface area contributed by atoms with Gasteiger partial charge in [0.15, 0.2) is 0 Å². The highest BCUT2D eigenvalue weighted by Crippen LogP contribution is 2.32. The van der Waals surface area contributed by atoms with Crippen molar-refractivity contribution in [1.82, 2.24) is 4.57 Å². The summed E-state index contributed by atoms with van der Waals surface area (Å²) in [7, 11) is 0. The maximum atomic E-state index is 6.17. The second-order valence-electron chi connectivity index (χ2n) is 6.77. The smallest absolute Gasteiger partial charge is 0.129 e. The molecule has 1 aromatic heterocycles.